The quantitative estimate of drug-likeness (QED) is 0.216. The number of likely N-dealkylation sites (tertiary alicyclic amines) is 2. The number of ether oxygens (including phenoxy) is 1. The van der Waals surface area contributed by atoms with Crippen LogP contribution in [0.25, 0.3) is 21.9 Å². The van der Waals surface area contributed by atoms with E-state index in [9.17, 15) is 45.4 Å². The first-order valence-corrected chi connectivity index (χ1v) is 16.0. The van der Waals surface area contributed by atoms with Gasteiger partial charge in [0.2, 0.25) is 5.91 Å². The molecule has 0 aromatic heterocycles. The highest BCUT2D eigenvalue weighted by Crippen LogP contribution is 2.47. The molecule has 0 unspecified atom stereocenters. The molecule has 5 rings (SSSR count). The Labute approximate surface area is 279 Å². The van der Waals surface area contributed by atoms with Crippen molar-refractivity contribution < 1.29 is 50.2 Å². The average molecular weight is 698 g/mol. The summed E-state index contributed by atoms with van der Waals surface area (Å²) in [6.07, 6.45) is -10.1. The zero-order valence-electron chi connectivity index (χ0n) is 26.8. The number of rotatable bonds is 11. The molecule has 3 aromatic rings. The highest BCUT2D eigenvalue weighted by molar-refractivity contribution is 6.00. The molecule has 0 radical (unpaired) electrons. The molecule has 0 spiro atoms. The summed E-state index contributed by atoms with van der Waals surface area (Å²) in [5.41, 5.74) is -0.142. The average Bonchev–Trinajstić information content (AvgIpc) is 3.04. The summed E-state index contributed by atoms with van der Waals surface area (Å²) in [7, 11) is 1.51. The van der Waals surface area contributed by atoms with Gasteiger partial charge in [-0.2, -0.15) is 13.2 Å². The molecular weight excluding hydrogens is 659 g/mol. The van der Waals surface area contributed by atoms with E-state index in [-0.39, 0.29) is 45.4 Å². The summed E-state index contributed by atoms with van der Waals surface area (Å²) in [5, 5.41) is 13.5. The van der Waals surface area contributed by atoms with Crippen molar-refractivity contribution in [2.75, 3.05) is 39.8 Å². The second-order valence-corrected chi connectivity index (χ2v) is 12.8. The topological polar surface area (TPSA) is 82.1 Å². The fourth-order valence-corrected chi connectivity index (χ4v) is 6.82. The molecule has 0 saturated carbocycles. The molecule has 2 heterocycles. The second-order valence-electron chi connectivity index (χ2n) is 12.8. The number of piperidine rings is 2. The molecule has 2 N–H and O–H groups in total. The Morgan fingerprint density at radius 2 is 1.53 bits per heavy atom. The Morgan fingerprint density at radius 3 is 2.14 bits per heavy atom. The van der Waals surface area contributed by atoms with Gasteiger partial charge in [-0.15, -0.1) is 0 Å². The number of fused-ring (bicyclic) bond motifs is 1. The van der Waals surface area contributed by atoms with Gasteiger partial charge in [-0.25, -0.2) is 22.4 Å². The highest BCUT2D eigenvalue weighted by Gasteiger charge is 2.61. The van der Waals surface area contributed by atoms with Crippen molar-refractivity contribution in [3.8, 4) is 16.9 Å². The van der Waals surface area contributed by atoms with Gasteiger partial charge in [0.05, 0.1) is 13.7 Å². The molecule has 2 fully saturated rings. The van der Waals surface area contributed by atoms with Crippen molar-refractivity contribution in [3.63, 3.8) is 0 Å². The summed E-state index contributed by atoms with van der Waals surface area (Å²) < 4.78 is 102. The number of nitrogens with zero attached hydrogens (tertiary/aromatic N) is 2. The monoisotopic (exact) mass is 697 g/mol. The van der Waals surface area contributed by atoms with Crippen molar-refractivity contribution in [1.29, 1.82) is 0 Å². The molecule has 1 amide bonds. The minimum Gasteiger partial charge on any atom is -0.496 e. The van der Waals surface area contributed by atoms with Crippen molar-refractivity contribution in [3.05, 3.63) is 65.7 Å². The van der Waals surface area contributed by atoms with Crippen LogP contribution >= 0.6 is 0 Å². The number of benzene rings is 3. The second kappa shape index (κ2) is 14.5. The van der Waals surface area contributed by atoms with E-state index in [4.69, 9.17) is 4.74 Å². The van der Waals surface area contributed by atoms with E-state index in [0.717, 1.165) is 16.0 Å². The van der Waals surface area contributed by atoms with E-state index >= 15 is 0 Å². The van der Waals surface area contributed by atoms with E-state index in [0.29, 0.717) is 34.2 Å². The van der Waals surface area contributed by atoms with Crippen molar-refractivity contribution in [2.45, 2.75) is 63.2 Å². The number of hydrogen-bond acceptors (Lipinski definition) is 5. The third-order valence-electron chi connectivity index (χ3n) is 9.67. The fourth-order valence-electron chi connectivity index (χ4n) is 6.82. The molecule has 49 heavy (non-hydrogen) atoms. The van der Waals surface area contributed by atoms with Crippen molar-refractivity contribution in [1.82, 2.24) is 15.1 Å². The Balaban J connectivity index is 1.41. The van der Waals surface area contributed by atoms with Crippen LogP contribution in [0.3, 0.4) is 0 Å². The number of nitrogens with one attached hydrogen (secondary N) is 1. The van der Waals surface area contributed by atoms with E-state index in [1.807, 2.05) is 29.2 Å². The lowest BCUT2D eigenvalue weighted by molar-refractivity contribution is -0.233. The van der Waals surface area contributed by atoms with Crippen LogP contribution in [0.15, 0.2) is 54.6 Å². The van der Waals surface area contributed by atoms with Crippen LogP contribution in [0.5, 0.6) is 5.75 Å². The van der Waals surface area contributed by atoms with Crippen LogP contribution in [-0.4, -0.2) is 91.2 Å². The maximum Gasteiger partial charge on any atom is 0.403 e. The van der Waals surface area contributed by atoms with Gasteiger partial charge in [0.1, 0.15) is 17.2 Å². The molecule has 0 bridgehead atoms. The lowest BCUT2D eigenvalue weighted by Crippen LogP contribution is -2.59. The largest absolute Gasteiger partial charge is 0.496 e. The lowest BCUT2D eigenvalue weighted by atomic mass is 9.76. The van der Waals surface area contributed by atoms with Crippen LogP contribution in [0.4, 0.5) is 30.7 Å². The van der Waals surface area contributed by atoms with Crippen molar-refractivity contribution in [2.24, 2.45) is 5.41 Å². The molecule has 7 nitrogen and oxygen atoms in total. The number of carboxylic acids is 1. The summed E-state index contributed by atoms with van der Waals surface area (Å²) >= 11 is 0. The summed E-state index contributed by atoms with van der Waals surface area (Å²) in [6.45, 7) is -0.526. The first kappa shape index (κ1) is 36.4. The Morgan fingerprint density at radius 1 is 0.898 bits per heavy atom. The first-order chi connectivity index (χ1) is 23.1. The fraction of sp³-hybridized carbons (Fsp3) is 0.486. The molecule has 2 aliphatic heterocycles. The van der Waals surface area contributed by atoms with Gasteiger partial charge in [-0.1, -0.05) is 42.5 Å². The number of hydrogen-bond donors (Lipinski definition) is 2. The minimum absolute atomic E-state index is 0.211. The van der Waals surface area contributed by atoms with E-state index in [1.165, 1.54) is 7.11 Å². The van der Waals surface area contributed by atoms with Crippen LogP contribution in [0, 0.1) is 5.41 Å². The molecule has 2 saturated heterocycles. The molecular formula is C35H38F7N3O4. The highest BCUT2D eigenvalue weighted by atomic mass is 19.4. The van der Waals surface area contributed by atoms with Crippen LogP contribution in [0.2, 0.25) is 0 Å². The molecule has 2 aliphatic rings. The summed E-state index contributed by atoms with van der Waals surface area (Å²) in [6, 6.07) is 14.3. The first-order valence-electron chi connectivity index (χ1n) is 16.0. The van der Waals surface area contributed by atoms with Crippen molar-refractivity contribution >= 4 is 22.6 Å². The van der Waals surface area contributed by atoms with Gasteiger partial charge in [0.25, 0.3) is 12.3 Å². The molecule has 0 aliphatic carbocycles. The molecule has 1 atom stereocenters. The molecule has 14 heteroatoms. The van der Waals surface area contributed by atoms with Gasteiger partial charge in [-0.05, 0) is 65.5 Å². The third-order valence-corrected chi connectivity index (χ3v) is 9.67. The van der Waals surface area contributed by atoms with Gasteiger partial charge in [0.15, 0.2) is 0 Å². The maximum atomic E-state index is 14.4. The number of alkyl halides is 7. The SMILES string of the molecule is COc1ccc(CN2CCC(F)(F)CC2)cc1-c1cccc2c(C[C@H](NC(=O)C3(C(F)(F)F)CCN(CC(F)F)CC3)C(=O)O)cccc12. The zero-order chi connectivity index (χ0) is 35.6. The van der Waals surface area contributed by atoms with Gasteiger partial charge >= 0.3 is 12.1 Å². The zero-order valence-corrected chi connectivity index (χ0v) is 26.8. The van der Waals surface area contributed by atoms with Gasteiger partial charge < -0.3 is 15.2 Å². The van der Waals surface area contributed by atoms with Gasteiger partial charge in [-0.3, -0.25) is 14.6 Å². The predicted octanol–water partition coefficient (Wildman–Crippen LogP) is 6.77. The molecule has 266 valence electrons. The Bertz CT molecular complexity index is 1650. The summed E-state index contributed by atoms with van der Waals surface area (Å²) in [4.78, 5) is 28.7. The van der Waals surface area contributed by atoms with E-state index in [2.05, 4.69) is 5.32 Å². The van der Waals surface area contributed by atoms with E-state index < -0.39 is 61.2 Å². The van der Waals surface area contributed by atoms with Crippen LogP contribution in [-0.2, 0) is 22.6 Å². The summed E-state index contributed by atoms with van der Waals surface area (Å²) in [5.74, 6) is -5.15. The maximum absolute atomic E-state index is 14.4. The number of aliphatic carboxylic acids is 1. The predicted molar refractivity (Wildman–Crippen MR) is 169 cm³/mol. The third kappa shape index (κ3) is 8.12. The number of halogens is 7. The minimum atomic E-state index is -5.03. The number of carbonyl (C=O) groups is 2. The number of amides is 1. The van der Waals surface area contributed by atoms with Crippen LogP contribution < -0.4 is 10.1 Å². The standard InChI is InChI=1S/C35H38F7N3O4/c1-49-29-9-8-22(20-44-16-12-34(38,39)13-17-44)18-27(29)26-7-3-5-24-23(4-2-6-25(24)26)19-28(31(46)47)43-32(48)33(35(40,41)42)10-14-45(15-11-33)21-30(36)37/h2-9,18,28,30H,10-17,19-21H2,1H3,(H,43,48)(H,46,47)/t28-/m0/s1. The Kier molecular flexibility index (Phi) is 10.8. The normalized spacial score (nSPS) is 19.1. The Hall–Kier alpha value is -3.91. The van der Waals surface area contributed by atoms with E-state index in [1.54, 1.807) is 30.3 Å². The number of methoxy groups -OCH3 is 1. The smallest absolute Gasteiger partial charge is 0.403 e. The lowest BCUT2D eigenvalue weighted by Gasteiger charge is -2.41. The number of carbonyl (C=O) groups excluding carboxylic acids is 1. The number of carboxylic acid groups (broad SMARTS) is 1. The van der Waals surface area contributed by atoms with Gasteiger partial charge in [0, 0.05) is 44.5 Å². The van der Waals surface area contributed by atoms with Crippen LogP contribution in [0.1, 0.15) is 36.8 Å². The molecule has 3 aromatic carbocycles.